The molecule has 2 aromatic rings. The Morgan fingerprint density at radius 1 is 1.00 bits per heavy atom. The summed E-state index contributed by atoms with van der Waals surface area (Å²) in [6.45, 7) is 0. The van der Waals surface area contributed by atoms with Crippen molar-refractivity contribution in [3.8, 4) is 5.75 Å². The largest absolute Gasteiger partial charge is 0.497 e. The predicted molar refractivity (Wildman–Crippen MR) is 98.0 cm³/mol. The molecule has 0 fully saturated rings. The SMILES string of the molecule is COc1ccc([C@@H]2CC(=O)C=C(NNS(=O)(=O)c3ccccc3)C2)cc1. The van der Waals surface area contributed by atoms with E-state index in [4.69, 9.17) is 4.74 Å². The maximum atomic E-state index is 12.3. The first-order chi connectivity index (χ1) is 12.5. The van der Waals surface area contributed by atoms with Gasteiger partial charge in [0.25, 0.3) is 10.0 Å². The summed E-state index contributed by atoms with van der Waals surface area (Å²) >= 11 is 0. The van der Waals surface area contributed by atoms with Crippen molar-refractivity contribution in [3.05, 3.63) is 71.9 Å². The van der Waals surface area contributed by atoms with Crippen molar-refractivity contribution in [1.82, 2.24) is 10.3 Å². The van der Waals surface area contributed by atoms with Crippen LogP contribution in [0.25, 0.3) is 0 Å². The molecule has 1 atom stereocenters. The molecule has 7 heteroatoms. The minimum Gasteiger partial charge on any atom is -0.497 e. The van der Waals surface area contributed by atoms with Crippen LogP contribution in [0, 0.1) is 0 Å². The summed E-state index contributed by atoms with van der Waals surface area (Å²) in [5, 5.41) is 0. The van der Waals surface area contributed by atoms with Gasteiger partial charge in [0, 0.05) is 18.2 Å². The second-order valence-electron chi connectivity index (χ2n) is 6.06. The van der Waals surface area contributed by atoms with Crippen molar-refractivity contribution in [1.29, 1.82) is 0 Å². The Labute approximate surface area is 152 Å². The number of sulfonamides is 1. The van der Waals surface area contributed by atoms with Gasteiger partial charge in [-0.25, -0.2) is 8.42 Å². The van der Waals surface area contributed by atoms with Crippen LogP contribution < -0.4 is 15.0 Å². The van der Waals surface area contributed by atoms with Gasteiger partial charge < -0.3 is 10.2 Å². The van der Waals surface area contributed by atoms with Crippen molar-refractivity contribution in [2.75, 3.05) is 7.11 Å². The van der Waals surface area contributed by atoms with Crippen molar-refractivity contribution >= 4 is 15.8 Å². The Kier molecular flexibility index (Phi) is 5.39. The van der Waals surface area contributed by atoms with Crippen LogP contribution in [-0.2, 0) is 14.8 Å². The molecule has 0 aliphatic heterocycles. The first-order valence-corrected chi connectivity index (χ1v) is 9.66. The van der Waals surface area contributed by atoms with Gasteiger partial charge in [0.05, 0.1) is 12.0 Å². The fourth-order valence-corrected chi connectivity index (χ4v) is 3.78. The fourth-order valence-electron chi connectivity index (χ4n) is 2.88. The van der Waals surface area contributed by atoms with Gasteiger partial charge in [0.15, 0.2) is 5.78 Å². The van der Waals surface area contributed by atoms with Gasteiger partial charge in [-0.15, -0.1) is 4.83 Å². The average molecular weight is 372 g/mol. The Morgan fingerprint density at radius 2 is 1.69 bits per heavy atom. The quantitative estimate of drug-likeness (QED) is 0.761. The molecule has 3 rings (SSSR count). The highest BCUT2D eigenvalue weighted by molar-refractivity contribution is 7.89. The van der Waals surface area contributed by atoms with Crippen molar-refractivity contribution in [2.45, 2.75) is 23.7 Å². The van der Waals surface area contributed by atoms with Gasteiger partial charge in [-0.05, 0) is 42.2 Å². The minimum atomic E-state index is -3.70. The lowest BCUT2D eigenvalue weighted by Gasteiger charge is -2.23. The summed E-state index contributed by atoms with van der Waals surface area (Å²) < 4.78 is 29.7. The van der Waals surface area contributed by atoms with E-state index in [9.17, 15) is 13.2 Å². The number of ketones is 1. The number of benzene rings is 2. The summed E-state index contributed by atoms with van der Waals surface area (Å²) in [5.41, 5.74) is 4.25. The summed E-state index contributed by atoms with van der Waals surface area (Å²) in [7, 11) is -2.10. The molecule has 0 radical (unpaired) electrons. The van der Waals surface area contributed by atoms with Gasteiger partial charge in [-0.2, -0.15) is 0 Å². The third-order valence-electron chi connectivity index (χ3n) is 4.24. The number of hydrogen-bond donors (Lipinski definition) is 2. The van der Waals surface area contributed by atoms with E-state index in [-0.39, 0.29) is 16.6 Å². The summed E-state index contributed by atoms with van der Waals surface area (Å²) in [6, 6.07) is 15.6. The number of carbonyl (C=O) groups is 1. The van der Waals surface area contributed by atoms with Gasteiger partial charge in [0.1, 0.15) is 5.75 Å². The fraction of sp³-hybridized carbons (Fsp3) is 0.211. The van der Waals surface area contributed by atoms with E-state index in [1.165, 1.54) is 18.2 Å². The molecule has 1 aliphatic carbocycles. The first kappa shape index (κ1) is 18.2. The molecule has 136 valence electrons. The maximum Gasteiger partial charge on any atom is 0.257 e. The van der Waals surface area contributed by atoms with Gasteiger partial charge in [-0.3, -0.25) is 4.79 Å². The lowest BCUT2D eigenvalue weighted by atomic mass is 9.85. The molecule has 2 N–H and O–H groups in total. The lowest BCUT2D eigenvalue weighted by molar-refractivity contribution is -0.115. The normalized spacial score (nSPS) is 17.5. The van der Waals surface area contributed by atoms with Crippen LogP contribution >= 0.6 is 0 Å². The molecule has 0 unspecified atom stereocenters. The highest BCUT2D eigenvalue weighted by Crippen LogP contribution is 2.31. The zero-order valence-electron chi connectivity index (χ0n) is 14.3. The Bertz CT molecular complexity index is 906. The first-order valence-electron chi connectivity index (χ1n) is 8.18. The summed E-state index contributed by atoms with van der Waals surface area (Å²) in [5.74, 6) is 0.695. The second kappa shape index (κ2) is 7.72. The Morgan fingerprint density at radius 3 is 2.35 bits per heavy atom. The lowest BCUT2D eigenvalue weighted by Crippen LogP contribution is -2.38. The molecule has 26 heavy (non-hydrogen) atoms. The molecule has 0 aromatic heterocycles. The van der Waals surface area contributed by atoms with E-state index in [2.05, 4.69) is 10.3 Å². The van der Waals surface area contributed by atoms with Gasteiger partial charge in [-0.1, -0.05) is 30.3 Å². The molecule has 2 aromatic carbocycles. The number of hydrogen-bond acceptors (Lipinski definition) is 5. The minimum absolute atomic E-state index is 0.0119. The van der Waals surface area contributed by atoms with Crippen LogP contribution in [0.15, 0.2) is 71.3 Å². The number of carbonyl (C=O) groups excluding carboxylic acids is 1. The highest BCUT2D eigenvalue weighted by Gasteiger charge is 2.23. The number of rotatable bonds is 6. The molecular weight excluding hydrogens is 352 g/mol. The number of nitrogens with one attached hydrogen (secondary N) is 2. The van der Waals surface area contributed by atoms with E-state index in [0.717, 1.165) is 11.3 Å². The highest BCUT2D eigenvalue weighted by atomic mass is 32.2. The predicted octanol–water partition coefficient (Wildman–Crippen LogP) is 2.51. The van der Waals surface area contributed by atoms with Gasteiger partial charge >= 0.3 is 0 Å². The molecule has 0 saturated heterocycles. The number of hydrazine groups is 1. The van der Waals surface area contributed by atoms with Crippen LogP contribution in [0.2, 0.25) is 0 Å². The monoisotopic (exact) mass is 372 g/mol. The Hall–Kier alpha value is -2.64. The molecule has 0 heterocycles. The molecule has 0 spiro atoms. The second-order valence-corrected chi connectivity index (χ2v) is 7.74. The van der Waals surface area contributed by atoms with Crippen LogP contribution in [0.5, 0.6) is 5.75 Å². The van der Waals surface area contributed by atoms with Gasteiger partial charge in [0.2, 0.25) is 0 Å². The number of allylic oxidation sites excluding steroid dienone is 2. The van der Waals surface area contributed by atoms with E-state index >= 15 is 0 Å². The molecule has 0 amide bonds. The van der Waals surface area contributed by atoms with E-state index in [1.54, 1.807) is 25.3 Å². The topological polar surface area (TPSA) is 84.5 Å². The van der Waals surface area contributed by atoms with Crippen LogP contribution in [-0.4, -0.2) is 21.3 Å². The van der Waals surface area contributed by atoms with Crippen molar-refractivity contribution in [3.63, 3.8) is 0 Å². The van der Waals surface area contributed by atoms with Crippen molar-refractivity contribution < 1.29 is 17.9 Å². The smallest absolute Gasteiger partial charge is 0.257 e. The van der Waals surface area contributed by atoms with Crippen LogP contribution in [0.3, 0.4) is 0 Å². The van der Waals surface area contributed by atoms with Crippen molar-refractivity contribution in [2.24, 2.45) is 0 Å². The van der Waals surface area contributed by atoms with E-state index in [1.807, 2.05) is 24.3 Å². The number of ether oxygens (including phenoxy) is 1. The Balaban J connectivity index is 1.69. The van der Waals surface area contributed by atoms with E-state index < -0.39 is 10.0 Å². The number of methoxy groups -OCH3 is 1. The molecular formula is C19H20N2O4S. The molecule has 0 saturated carbocycles. The third kappa shape index (κ3) is 4.30. The zero-order chi connectivity index (χ0) is 18.6. The summed E-state index contributed by atoms with van der Waals surface area (Å²) in [4.78, 5) is 14.5. The molecule has 1 aliphatic rings. The molecule has 0 bridgehead atoms. The maximum absolute atomic E-state index is 12.3. The van der Waals surface area contributed by atoms with Crippen LogP contribution in [0.1, 0.15) is 24.3 Å². The molecule has 6 nitrogen and oxygen atoms in total. The average Bonchev–Trinajstić information content (AvgIpc) is 2.67. The standard InChI is InChI=1S/C19H20N2O4S/c1-25-18-9-7-14(8-10-18)15-11-16(13-17(22)12-15)20-21-26(23,24)19-5-3-2-4-6-19/h2-10,13,15,20-21H,11-12H2,1H3/t15-/m0/s1. The summed E-state index contributed by atoms with van der Waals surface area (Å²) in [6.07, 6.45) is 2.38. The van der Waals surface area contributed by atoms with E-state index in [0.29, 0.717) is 18.5 Å². The zero-order valence-corrected chi connectivity index (χ0v) is 15.1. The third-order valence-corrected chi connectivity index (χ3v) is 5.50. The van der Waals surface area contributed by atoms with Crippen LogP contribution in [0.4, 0.5) is 0 Å².